The summed E-state index contributed by atoms with van der Waals surface area (Å²) in [5, 5.41) is 3.25. The van der Waals surface area contributed by atoms with Crippen molar-refractivity contribution in [2.24, 2.45) is 0 Å². The largest absolute Gasteiger partial charge is 0.456 e. The van der Waals surface area contributed by atoms with Crippen molar-refractivity contribution in [3.63, 3.8) is 0 Å². The average molecular weight is 219 g/mol. The van der Waals surface area contributed by atoms with Gasteiger partial charge in [-0.2, -0.15) is 0 Å². The summed E-state index contributed by atoms with van der Waals surface area (Å²) in [4.78, 5) is 11.8. The van der Waals surface area contributed by atoms with Crippen molar-refractivity contribution in [3.8, 4) is 0 Å². The summed E-state index contributed by atoms with van der Waals surface area (Å²) < 4.78 is 5.32. The van der Waals surface area contributed by atoms with Crippen LogP contribution >= 0.6 is 0 Å². The maximum Gasteiger partial charge on any atom is 0.338 e. The van der Waals surface area contributed by atoms with Gasteiger partial charge in [0.05, 0.1) is 5.56 Å². The molecule has 0 aromatic heterocycles. The minimum atomic E-state index is -0.436. The Morgan fingerprint density at radius 1 is 1.25 bits per heavy atom. The lowest BCUT2D eigenvalue weighted by Crippen LogP contribution is -2.23. The number of nitrogens with one attached hydrogen (secondary N) is 1. The molecule has 86 valence electrons. The number of ether oxygens (including phenoxy) is 1. The number of hydrogen-bond donors (Lipinski definition) is 1. The van der Waals surface area contributed by atoms with E-state index >= 15 is 0 Å². The van der Waals surface area contributed by atoms with Crippen molar-refractivity contribution < 1.29 is 9.53 Å². The van der Waals surface area contributed by atoms with Crippen LogP contribution in [0.2, 0.25) is 0 Å². The van der Waals surface area contributed by atoms with Gasteiger partial charge in [-0.1, -0.05) is 6.07 Å². The molecular weight excluding hydrogens is 202 g/mol. The molecule has 0 saturated heterocycles. The molecule has 3 nitrogen and oxygen atoms in total. The molecule has 1 aliphatic heterocycles. The van der Waals surface area contributed by atoms with Crippen molar-refractivity contribution in [2.75, 3.05) is 0 Å². The minimum absolute atomic E-state index is 0.248. The average Bonchev–Trinajstić information content (AvgIpc) is 2.61. The van der Waals surface area contributed by atoms with Crippen molar-refractivity contribution in [1.29, 1.82) is 0 Å². The minimum Gasteiger partial charge on any atom is -0.456 e. The highest BCUT2D eigenvalue weighted by molar-refractivity contribution is 5.90. The summed E-state index contributed by atoms with van der Waals surface area (Å²) in [6, 6.07) is 5.75. The SMILES string of the molecule is CC(C)(C)OC(=O)c1ccc2c(c1)CNC2. The van der Waals surface area contributed by atoms with E-state index < -0.39 is 5.60 Å². The fraction of sp³-hybridized carbons (Fsp3) is 0.462. The number of benzene rings is 1. The Hall–Kier alpha value is -1.35. The van der Waals surface area contributed by atoms with Gasteiger partial charge in [0, 0.05) is 13.1 Å². The van der Waals surface area contributed by atoms with Crippen molar-refractivity contribution in [3.05, 3.63) is 34.9 Å². The Labute approximate surface area is 95.8 Å². The van der Waals surface area contributed by atoms with Gasteiger partial charge < -0.3 is 10.1 Å². The van der Waals surface area contributed by atoms with Crippen LogP contribution in [0.5, 0.6) is 0 Å². The van der Waals surface area contributed by atoms with E-state index in [0.717, 1.165) is 13.1 Å². The Morgan fingerprint density at radius 2 is 1.94 bits per heavy atom. The molecule has 3 heteroatoms. The predicted octanol–water partition coefficient (Wildman–Crippen LogP) is 2.25. The molecule has 0 aliphatic carbocycles. The number of hydrogen-bond acceptors (Lipinski definition) is 3. The third-order valence-corrected chi connectivity index (χ3v) is 2.47. The quantitative estimate of drug-likeness (QED) is 0.736. The summed E-state index contributed by atoms with van der Waals surface area (Å²) in [6.07, 6.45) is 0. The van der Waals surface area contributed by atoms with Gasteiger partial charge in [-0.3, -0.25) is 0 Å². The van der Waals surface area contributed by atoms with Crippen molar-refractivity contribution in [1.82, 2.24) is 5.32 Å². The number of esters is 1. The molecule has 16 heavy (non-hydrogen) atoms. The second kappa shape index (κ2) is 3.91. The lowest BCUT2D eigenvalue weighted by Gasteiger charge is -2.19. The molecule has 0 amide bonds. The summed E-state index contributed by atoms with van der Waals surface area (Å²) >= 11 is 0. The first kappa shape index (κ1) is 11.1. The van der Waals surface area contributed by atoms with Gasteiger partial charge in [0.2, 0.25) is 0 Å². The fourth-order valence-corrected chi connectivity index (χ4v) is 1.76. The monoisotopic (exact) mass is 219 g/mol. The molecule has 0 fully saturated rings. The van der Waals surface area contributed by atoms with Gasteiger partial charge in [0.15, 0.2) is 0 Å². The molecule has 2 rings (SSSR count). The standard InChI is InChI=1S/C13H17NO2/c1-13(2,3)16-12(15)9-4-5-10-7-14-8-11(10)6-9/h4-6,14H,7-8H2,1-3H3. The number of rotatable bonds is 1. The molecule has 1 aliphatic rings. The molecule has 1 aromatic rings. The molecule has 0 spiro atoms. The molecule has 0 bridgehead atoms. The molecular formula is C13H17NO2. The summed E-state index contributed by atoms with van der Waals surface area (Å²) in [7, 11) is 0. The van der Waals surface area contributed by atoms with Crippen LogP contribution in [0.15, 0.2) is 18.2 Å². The van der Waals surface area contributed by atoms with Crippen LogP contribution in [0.25, 0.3) is 0 Å². The maximum absolute atomic E-state index is 11.8. The Balaban J connectivity index is 2.19. The van der Waals surface area contributed by atoms with Gasteiger partial charge in [-0.05, 0) is 44.0 Å². The maximum atomic E-state index is 11.8. The van der Waals surface area contributed by atoms with Crippen LogP contribution in [-0.2, 0) is 17.8 Å². The number of carbonyl (C=O) groups excluding carboxylic acids is 1. The lowest BCUT2D eigenvalue weighted by atomic mass is 10.1. The van der Waals surface area contributed by atoms with Crippen molar-refractivity contribution >= 4 is 5.97 Å². The van der Waals surface area contributed by atoms with Crippen molar-refractivity contribution in [2.45, 2.75) is 39.5 Å². The third-order valence-electron chi connectivity index (χ3n) is 2.47. The van der Waals surface area contributed by atoms with Gasteiger partial charge in [0.1, 0.15) is 5.60 Å². The zero-order valence-corrected chi connectivity index (χ0v) is 9.96. The Morgan fingerprint density at radius 3 is 2.62 bits per heavy atom. The van der Waals surface area contributed by atoms with E-state index in [2.05, 4.69) is 5.32 Å². The Bertz CT molecular complexity index is 418. The molecule has 0 unspecified atom stereocenters. The van der Waals surface area contributed by atoms with E-state index in [1.807, 2.05) is 39.0 Å². The van der Waals surface area contributed by atoms with Crippen LogP contribution in [0.3, 0.4) is 0 Å². The van der Waals surface area contributed by atoms with Crippen LogP contribution in [-0.4, -0.2) is 11.6 Å². The smallest absolute Gasteiger partial charge is 0.338 e. The fourth-order valence-electron chi connectivity index (χ4n) is 1.76. The summed E-state index contributed by atoms with van der Waals surface area (Å²) in [5.41, 5.74) is 2.67. The molecule has 0 atom stereocenters. The van der Waals surface area contributed by atoms with Gasteiger partial charge in [0.25, 0.3) is 0 Å². The zero-order chi connectivity index (χ0) is 11.8. The van der Waals surface area contributed by atoms with Gasteiger partial charge >= 0.3 is 5.97 Å². The van der Waals surface area contributed by atoms with E-state index in [1.165, 1.54) is 11.1 Å². The zero-order valence-electron chi connectivity index (χ0n) is 9.96. The van der Waals surface area contributed by atoms with E-state index in [-0.39, 0.29) is 5.97 Å². The van der Waals surface area contributed by atoms with E-state index in [1.54, 1.807) is 0 Å². The van der Waals surface area contributed by atoms with E-state index in [9.17, 15) is 4.79 Å². The second-order valence-electron chi connectivity index (χ2n) is 5.09. The van der Waals surface area contributed by atoms with E-state index in [4.69, 9.17) is 4.74 Å². The number of fused-ring (bicyclic) bond motifs is 1. The first-order valence-electron chi connectivity index (χ1n) is 5.51. The first-order chi connectivity index (χ1) is 7.46. The normalized spacial score (nSPS) is 14.7. The number of carbonyl (C=O) groups is 1. The van der Waals surface area contributed by atoms with Gasteiger partial charge in [-0.15, -0.1) is 0 Å². The Kier molecular flexibility index (Phi) is 2.72. The second-order valence-corrected chi connectivity index (χ2v) is 5.09. The molecule has 0 saturated carbocycles. The summed E-state index contributed by atoms with van der Waals surface area (Å²) in [6.45, 7) is 7.36. The van der Waals surface area contributed by atoms with Gasteiger partial charge in [-0.25, -0.2) is 4.79 Å². The molecule has 1 N–H and O–H groups in total. The predicted molar refractivity (Wildman–Crippen MR) is 62.2 cm³/mol. The van der Waals surface area contributed by atoms with Crippen LogP contribution in [0, 0.1) is 0 Å². The highest BCUT2D eigenvalue weighted by Crippen LogP contribution is 2.19. The van der Waals surface area contributed by atoms with Crippen LogP contribution in [0.1, 0.15) is 42.3 Å². The molecule has 0 radical (unpaired) electrons. The first-order valence-corrected chi connectivity index (χ1v) is 5.51. The summed E-state index contributed by atoms with van der Waals surface area (Å²) in [5.74, 6) is -0.248. The highest BCUT2D eigenvalue weighted by atomic mass is 16.6. The third kappa shape index (κ3) is 2.42. The molecule has 1 aromatic carbocycles. The highest BCUT2D eigenvalue weighted by Gasteiger charge is 2.19. The molecule has 1 heterocycles. The topological polar surface area (TPSA) is 38.3 Å². The van der Waals surface area contributed by atoms with Crippen LogP contribution in [0.4, 0.5) is 0 Å². The van der Waals surface area contributed by atoms with E-state index in [0.29, 0.717) is 5.56 Å². The lowest BCUT2D eigenvalue weighted by molar-refractivity contribution is 0.00694. The van der Waals surface area contributed by atoms with Crippen LogP contribution < -0.4 is 5.32 Å².